The topological polar surface area (TPSA) is 18.5 Å². The highest BCUT2D eigenvalue weighted by Gasteiger charge is 2.53. The Balaban J connectivity index is 2.40. The molecule has 1 aromatic rings. The van der Waals surface area contributed by atoms with Gasteiger partial charge in [0.2, 0.25) is 0 Å². The standard InChI is InChI=1S/C14H14BBrF3IO2/c1-13(2)14(3,4)22-15(21-13)10(17)5-7-11(18)8(16)6-9(20)12(7)19/h5-6H,1-4H3. The van der Waals surface area contributed by atoms with E-state index in [0.717, 1.165) is 6.08 Å². The summed E-state index contributed by atoms with van der Waals surface area (Å²) in [5.74, 6) is -1.70. The smallest absolute Gasteiger partial charge is 0.398 e. The van der Waals surface area contributed by atoms with Crippen LogP contribution in [0.15, 0.2) is 16.3 Å². The van der Waals surface area contributed by atoms with Crippen LogP contribution in [0.25, 0.3) is 6.08 Å². The van der Waals surface area contributed by atoms with Crippen molar-refractivity contribution in [2.75, 3.05) is 0 Å². The van der Waals surface area contributed by atoms with Gasteiger partial charge in [-0.3, -0.25) is 0 Å². The highest BCUT2D eigenvalue weighted by atomic mass is 127. The van der Waals surface area contributed by atoms with E-state index in [0.29, 0.717) is 0 Å². The van der Waals surface area contributed by atoms with Gasteiger partial charge in [0, 0.05) is 0 Å². The fourth-order valence-electron chi connectivity index (χ4n) is 1.88. The Hall–Kier alpha value is -0.0551. The van der Waals surface area contributed by atoms with E-state index < -0.39 is 41.2 Å². The molecule has 22 heavy (non-hydrogen) atoms. The predicted molar refractivity (Wildman–Crippen MR) is 91.9 cm³/mol. The summed E-state index contributed by atoms with van der Waals surface area (Å²) < 4.78 is 53.7. The van der Waals surface area contributed by atoms with Gasteiger partial charge in [-0.25, -0.2) is 13.2 Å². The van der Waals surface area contributed by atoms with Crippen LogP contribution in [0.1, 0.15) is 33.3 Å². The van der Waals surface area contributed by atoms with Crippen LogP contribution in [-0.4, -0.2) is 18.3 Å². The van der Waals surface area contributed by atoms with E-state index in [1.165, 1.54) is 6.07 Å². The van der Waals surface area contributed by atoms with Crippen molar-refractivity contribution in [2.45, 2.75) is 38.9 Å². The van der Waals surface area contributed by atoms with Gasteiger partial charge in [-0.05, 0) is 78.4 Å². The Bertz CT molecular complexity index is 607. The monoisotopic (exact) mass is 488 g/mol. The zero-order valence-electron chi connectivity index (χ0n) is 12.4. The van der Waals surface area contributed by atoms with Gasteiger partial charge in [0.1, 0.15) is 17.4 Å². The lowest BCUT2D eigenvalue weighted by atomic mass is 9.86. The van der Waals surface area contributed by atoms with Gasteiger partial charge < -0.3 is 9.31 Å². The van der Waals surface area contributed by atoms with Crippen LogP contribution in [0.4, 0.5) is 13.2 Å². The van der Waals surface area contributed by atoms with Crippen LogP contribution in [0.3, 0.4) is 0 Å². The fraction of sp³-hybridized carbons (Fsp3) is 0.429. The number of rotatable bonds is 2. The molecular formula is C14H14BBrF3IO2. The van der Waals surface area contributed by atoms with E-state index in [2.05, 4.69) is 15.9 Å². The maximum atomic E-state index is 14.4. The maximum absolute atomic E-state index is 14.4. The highest BCUT2D eigenvalue weighted by Crippen LogP contribution is 2.39. The van der Waals surface area contributed by atoms with Gasteiger partial charge >= 0.3 is 7.12 Å². The van der Waals surface area contributed by atoms with Crippen molar-refractivity contribution >= 4 is 51.7 Å². The Morgan fingerprint density at radius 2 is 1.68 bits per heavy atom. The molecule has 0 aromatic heterocycles. The summed E-state index contributed by atoms with van der Waals surface area (Å²) in [6.45, 7) is 7.07. The van der Waals surface area contributed by atoms with Crippen LogP contribution >= 0.6 is 38.5 Å². The van der Waals surface area contributed by atoms with Gasteiger partial charge in [-0.1, -0.05) is 0 Å². The zero-order chi connectivity index (χ0) is 16.9. The van der Waals surface area contributed by atoms with Crippen LogP contribution in [0.2, 0.25) is 0 Å². The molecule has 120 valence electrons. The first-order chi connectivity index (χ1) is 9.96. The first-order valence-corrected chi connectivity index (χ1v) is 8.39. The zero-order valence-corrected chi connectivity index (χ0v) is 16.2. The van der Waals surface area contributed by atoms with Crippen LogP contribution in [-0.2, 0) is 9.31 Å². The molecule has 1 aromatic carbocycles. The first-order valence-electron chi connectivity index (χ1n) is 6.52. The Kier molecular flexibility index (Phi) is 5.07. The molecule has 0 atom stereocenters. The second-order valence-electron chi connectivity index (χ2n) is 6.00. The average Bonchev–Trinajstić information content (AvgIpc) is 2.61. The van der Waals surface area contributed by atoms with Gasteiger partial charge in [-0.15, -0.1) is 0 Å². The second kappa shape index (κ2) is 6.10. The Morgan fingerprint density at radius 1 is 1.18 bits per heavy atom. The highest BCUT2D eigenvalue weighted by molar-refractivity contribution is 14.1. The lowest BCUT2D eigenvalue weighted by Crippen LogP contribution is -2.41. The van der Waals surface area contributed by atoms with E-state index in [4.69, 9.17) is 9.31 Å². The molecule has 0 N–H and O–H groups in total. The van der Waals surface area contributed by atoms with E-state index in [-0.39, 0.29) is 8.04 Å². The molecule has 1 saturated heterocycles. The minimum atomic E-state index is -1.29. The lowest BCUT2D eigenvalue weighted by molar-refractivity contribution is 0.00578. The quantitative estimate of drug-likeness (QED) is 0.321. The van der Waals surface area contributed by atoms with Crippen molar-refractivity contribution < 1.29 is 22.5 Å². The number of hydrogen-bond donors (Lipinski definition) is 0. The van der Waals surface area contributed by atoms with Crippen molar-refractivity contribution in [1.29, 1.82) is 0 Å². The summed E-state index contributed by atoms with van der Waals surface area (Å²) in [6, 6.07) is 1.29. The lowest BCUT2D eigenvalue weighted by Gasteiger charge is -2.32. The number of benzene rings is 1. The second-order valence-corrected chi connectivity index (χ2v) is 8.02. The molecule has 0 unspecified atom stereocenters. The molecule has 2 rings (SSSR count). The largest absolute Gasteiger partial charge is 0.525 e. The first kappa shape index (κ1) is 18.3. The summed E-state index contributed by atoms with van der Waals surface area (Å²) in [5, 5.41) is 0. The predicted octanol–water partition coefficient (Wildman–Crippen LogP) is 5.27. The van der Waals surface area contributed by atoms with Crippen LogP contribution in [0.5, 0.6) is 0 Å². The molecule has 1 aliphatic rings. The summed E-state index contributed by atoms with van der Waals surface area (Å²) in [6.07, 6.45) is 0.778. The van der Waals surface area contributed by atoms with E-state index >= 15 is 0 Å². The van der Waals surface area contributed by atoms with Crippen molar-refractivity contribution in [3.63, 3.8) is 0 Å². The van der Waals surface area contributed by atoms with Gasteiger partial charge in [-0.2, -0.15) is 0 Å². The van der Waals surface area contributed by atoms with Crippen molar-refractivity contribution in [3.8, 4) is 0 Å². The molecule has 1 aliphatic heterocycles. The van der Waals surface area contributed by atoms with Crippen molar-refractivity contribution in [1.82, 2.24) is 0 Å². The molecule has 1 heterocycles. The van der Waals surface area contributed by atoms with Gasteiger partial charge in [0.15, 0.2) is 0 Å². The average molecular weight is 489 g/mol. The maximum Gasteiger partial charge on any atom is 0.525 e. The Labute approximate surface area is 149 Å². The molecule has 0 aliphatic carbocycles. The summed E-state index contributed by atoms with van der Waals surface area (Å²) in [7, 11) is -1.29. The van der Waals surface area contributed by atoms with E-state index in [1.807, 2.05) is 0 Å². The summed E-state index contributed by atoms with van der Waals surface area (Å²) >= 11 is 4.69. The van der Waals surface area contributed by atoms with Gasteiger partial charge in [0.25, 0.3) is 0 Å². The molecular weight excluding hydrogens is 475 g/mol. The number of halogens is 5. The minimum Gasteiger partial charge on any atom is -0.398 e. The molecule has 0 bridgehead atoms. The van der Waals surface area contributed by atoms with Crippen molar-refractivity contribution in [2.24, 2.45) is 0 Å². The summed E-state index contributed by atoms with van der Waals surface area (Å²) in [4.78, 5) is 0. The third-order valence-electron chi connectivity index (χ3n) is 3.91. The normalized spacial score (nSPS) is 20.6. The third kappa shape index (κ3) is 3.25. The molecule has 8 heteroatoms. The molecule has 1 fully saturated rings. The van der Waals surface area contributed by atoms with Crippen LogP contribution in [0, 0.1) is 15.2 Å². The van der Waals surface area contributed by atoms with E-state index in [9.17, 15) is 13.2 Å². The number of hydrogen-bond acceptors (Lipinski definition) is 2. The van der Waals surface area contributed by atoms with Crippen molar-refractivity contribution in [3.05, 3.63) is 37.0 Å². The Morgan fingerprint density at radius 3 is 2.18 bits per heavy atom. The van der Waals surface area contributed by atoms with Gasteiger partial charge in [0.05, 0.1) is 24.8 Å². The SMILES string of the molecule is CC1(C)OB(C(F)=Cc2c(F)c(Br)cc(I)c2F)OC1(C)C. The molecule has 0 radical (unpaired) electrons. The summed E-state index contributed by atoms with van der Waals surface area (Å²) in [5.41, 5.74) is -2.81. The van der Waals surface area contributed by atoms with E-state index in [1.54, 1.807) is 50.3 Å². The molecule has 0 amide bonds. The molecule has 0 saturated carbocycles. The molecule has 2 nitrogen and oxygen atoms in total. The fourth-order valence-corrected chi connectivity index (χ4v) is 3.35. The minimum absolute atomic E-state index is 0.0614. The van der Waals surface area contributed by atoms with Crippen LogP contribution < -0.4 is 0 Å². The third-order valence-corrected chi connectivity index (χ3v) is 5.27. The molecule has 0 spiro atoms.